The van der Waals surface area contributed by atoms with Crippen LogP contribution in [0, 0.1) is 13.8 Å². The number of ether oxygens (including phenoxy) is 1. The highest BCUT2D eigenvalue weighted by Crippen LogP contribution is 2.36. The zero-order valence-corrected chi connectivity index (χ0v) is 16.8. The summed E-state index contributed by atoms with van der Waals surface area (Å²) in [5.74, 6) is 0.120. The van der Waals surface area contributed by atoms with Gasteiger partial charge in [-0.25, -0.2) is 8.42 Å². The minimum atomic E-state index is -4.05. The van der Waals surface area contributed by atoms with E-state index in [1.54, 1.807) is 54.7 Å². The fourth-order valence-electron chi connectivity index (χ4n) is 2.86. The van der Waals surface area contributed by atoms with Gasteiger partial charge < -0.3 is 9.84 Å². The highest BCUT2D eigenvalue weighted by atomic mass is 32.2. The number of nitrogens with zero attached hydrogens (tertiary/aromatic N) is 2. The Hall–Kier alpha value is -3.06. The van der Waals surface area contributed by atoms with Crippen molar-refractivity contribution in [1.82, 2.24) is 4.98 Å². The fourth-order valence-corrected chi connectivity index (χ4v) is 4.53. The normalized spacial score (nSPS) is 11.2. The van der Waals surface area contributed by atoms with Gasteiger partial charge in [-0.2, -0.15) is 0 Å². The number of phenols is 1. The zero-order chi connectivity index (χ0) is 20.3. The molecule has 3 rings (SSSR count). The van der Waals surface area contributed by atoms with Crippen LogP contribution in [0.3, 0.4) is 0 Å². The van der Waals surface area contributed by atoms with Gasteiger partial charge in [-0.05, 0) is 61.4 Å². The van der Waals surface area contributed by atoms with Crippen LogP contribution in [0.25, 0.3) is 0 Å². The van der Waals surface area contributed by atoms with E-state index in [-0.39, 0.29) is 28.6 Å². The van der Waals surface area contributed by atoms with Gasteiger partial charge >= 0.3 is 0 Å². The Bertz CT molecular complexity index is 1080. The van der Waals surface area contributed by atoms with Gasteiger partial charge in [0.2, 0.25) is 0 Å². The molecule has 0 atom stereocenters. The van der Waals surface area contributed by atoms with E-state index in [0.29, 0.717) is 5.69 Å². The van der Waals surface area contributed by atoms with Crippen LogP contribution in [-0.4, -0.2) is 25.6 Å². The molecule has 0 spiro atoms. The van der Waals surface area contributed by atoms with Crippen LogP contribution < -0.4 is 9.04 Å². The smallest absolute Gasteiger partial charge is 0.268 e. The molecule has 0 aliphatic carbocycles. The predicted molar refractivity (Wildman–Crippen MR) is 108 cm³/mol. The van der Waals surface area contributed by atoms with Gasteiger partial charge in [0, 0.05) is 6.20 Å². The minimum absolute atomic E-state index is 0.0309. The summed E-state index contributed by atoms with van der Waals surface area (Å²) in [5.41, 5.74) is 2.48. The molecular weight excluding hydrogens is 376 g/mol. The van der Waals surface area contributed by atoms with Gasteiger partial charge in [0.05, 0.1) is 25.0 Å². The standard InChI is InChI=1S/C21H22N2O4S/c1-15-12-20(27-3)21(13-16(15)2)28(25,26)23(14-17-8-6-7-11-22-17)18-9-4-5-10-19(18)24/h4-13,24H,14H2,1-3H3. The van der Waals surface area contributed by atoms with Crippen LogP contribution in [-0.2, 0) is 16.6 Å². The van der Waals surface area contributed by atoms with Crippen LogP contribution in [0.1, 0.15) is 16.8 Å². The zero-order valence-electron chi connectivity index (χ0n) is 16.0. The second-order valence-corrected chi connectivity index (χ2v) is 8.24. The summed E-state index contributed by atoms with van der Waals surface area (Å²) >= 11 is 0. The first-order chi connectivity index (χ1) is 13.3. The number of methoxy groups -OCH3 is 1. The van der Waals surface area contributed by atoms with Gasteiger partial charge in [0.1, 0.15) is 16.4 Å². The molecule has 146 valence electrons. The number of aryl methyl sites for hydroxylation is 2. The lowest BCUT2D eigenvalue weighted by molar-refractivity contribution is 0.402. The van der Waals surface area contributed by atoms with E-state index in [1.165, 1.54) is 13.2 Å². The van der Waals surface area contributed by atoms with Crippen molar-refractivity contribution in [2.75, 3.05) is 11.4 Å². The van der Waals surface area contributed by atoms with Crippen molar-refractivity contribution in [2.24, 2.45) is 0 Å². The monoisotopic (exact) mass is 398 g/mol. The number of benzene rings is 2. The van der Waals surface area contributed by atoms with E-state index in [9.17, 15) is 13.5 Å². The second-order valence-electron chi connectivity index (χ2n) is 6.41. The summed E-state index contributed by atoms with van der Waals surface area (Å²) in [7, 11) is -2.61. The molecule has 1 N–H and O–H groups in total. The summed E-state index contributed by atoms with van der Waals surface area (Å²) in [5, 5.41) is 10.3. The molecule has 0 bridgehead atoms. The molecule has 1 heterocycles. The van der Waals surface area contributed by atoms with Gasteiger partial charge in [-0.15, -0.1) is 0 Å². The highest BCUT2D eigenvalue weighted by molar-refractivity contribution is 7.93. The summed E-state index contributed by atoms with van der Waals surface area (Å²) in [6.45, 7) is 3.70. The number of para-hydroxylation sites is 2. The van der Waals surface area contributed by atoms with Crippen molar-refractivity contribution < 1.29 is 18.3 Å². The number of rotatable bonds is 6. The molecule has 1 aromatic heterocycles. The first-order valence-corrected chi connectivity index (χ1v) is 10.1. The number of hydrogen-bond donors (Lipinski definition) is 1. The lowest BCUT2D eigenvalue weighted by Gasteiger charge is -2.26. The van der Waals surface area contributed by atoms with Crippen molar-refractivity contribution in [1.29, 1.82) is 0 Å². The number of aromatic nitrogens is 1. The molecule has 0 saturated heterocycles. The minimum Gasteiger partial charge on any atom is -0.506 e. The second kappa shape index (κ2) is 7.90. The highest BCUT2D eigenvalue weighted by Gasteiger charge is 2.30. The first-order valence-electron chi connectivity index (χ1n) is 8.70. The van der Waals surface area contributed by atoms with E-state index >= 15 is 0 Å². The maximum Gasteiger partial charge on any atom is 0.268 e. The maximum absolute atomic E-state index is 13.6. The topological polar surface area (TPSA) is 79.7 Å². The molecule has 0 fully saturated rings. The van der Waals surface area contributed by atoms with Crippen LogP contribution in [0.15, 0.2) is 65.7 Å². The fraction of sp³-hybridized carbons (Fsp3) is 0.190. The molecule has 7 heteroatoms. The van der Waals surface area contributed by atoms with Gasteiger partial charge in [-0.1, -0.05) is 18.2 Å². The molecular formula is C21H22N2O4S. The van der Waals surface area contributed by atoms with Crippen LogP contribution in [0.4, 0.5) is 5.69 Å². The van der Waals surface area contributed by atoms with Gasteiger partial charge in [-0.3, -0.25) is 9.29 Å². The van der Waals surface area contributed by atoms with Crippen molar-refractivity contribution >= 4 is 15.7 Å². The predicted octanol–water partition coefficient (Wildman–Crippen LogP) is 3.81. The van der Waals surface area contributed by atoms with Crippen LogP contribution in [0.5, 0.6) is 11.5 Å². The third kappa shape index (κ3) is 3.80. The molecule has 0 radical (unpaired) electrons. The lowest BCUT2D eigenvalue weighted by atomic mass is 10.1. The van der Waals surface area contributed by atoms with Crippen LogP contribution >= 0.6 is 0 Å². The first kappa shape index (κ1) is 19.7. The molecule has 2 aromatic carbocycles. The Kier molecular flexibility index (Phi) is 5.56. The number of sulfonamides is 1. The Morgan fingerprint density at radius 2 is 1.71 bits per heavy atom. The van der Waals surface area contributed by atoms with Crippen LogP contribution in [0.2, 0.25) is 0 Å². The third-order valence-electron chi connectivity index (χ3n) is 4.53. The summed E-state index contributed by atoms with van der Waals surface area (Å²) in [6, 6.07) is 14.9. The molecule has 0 amide bonds. The third-order valence-corrected chi connectivity index (χ3v) is 6.31. The number of phenolic OH excluding ortho intramolecular Hbond substituents is 1. The molecule has 28 heavy (non-hydrogen) atoms. The van der Waals surface area contributed by atoms with Crippen molar-refractivity contribution in [3.8, 4) is 11.5 Å². The summed E-state index contributed by atoms with van der Waals surface area (Å²) < 4.78 is 33.8. The number of aromatic hydroxyl groups is 1. The molecule has 0 unspecified atom stereocenters. The molecule has 0 saturated carbocycles. The quantitative estimate of drug-likeness (QED) is 0.683. The average Bonchev–Trinajstić information content (AvgIpc) is 2.69. The van der Waals surface area contributed by atoms with E-state index in [4.69, 9.17) is 4.74 Å². The van der Waals surface area contributed by atoms with Gasteiger partial charge in [0.15, 0.2) is 0 Å². The largest absolute Gasteiger partial charge is 0.506 e. The maximum atomic E-state index is 13.6. The Morgan fingerprint density at radius 1 is 1.04 bits per heavy atom. The van der Waals surface area contributed by atoms with E-state index < -0.39 is 10.0 Å². The summed E-state index contributed by atoms with van der Waals surface area (Å²) in [6.07, 6.45) is 1.60. The SMILES string of the molecule is COc1cc(C)c(C)cc1S(=O)(=O)N(Cc1ccccn1)c1ccccc1O. The van der Waals surface area contributed by atoms with Crippen molar-refractivity contribution in [3.63, 3.8) is 0 Å². The number of hydrogen-bond acceptors (Lipinski definition) is 5. The molecule has 0 aliphatic heterocycles. The molecule has 0 aliphatic rings. The van der Waals surface area contributed by atoms with Gasteiger partial charge in [0.25, 0.3) is 10.0 Å². The Morgan fingerprint density at radius 3 is 2.36 bits per heavy atom. The number of anilines is 1. The average molecular weight is 398 g/mol. The lowest BCUT2D eigenvalue weighted by Crippen LogP contribution is -2.31. The van der Waals surface area contributed by atoms with Crippen molar-refractivity contribution in [3.05, 3.63) is 77.6 Å². The van der Waals surface area contributed by atoms with E-state index in [0.717, 1.165) is 15.4 Å². The summed E-state index contributed by atoms with van der Waals surface area (Å²) in [4.78, 5) is 4.28. The van der Waals surface area contributed by atoms with Crippen molar-refractivity contribution in [2.45, 2.75) is 25.3 Å². The molecule has 6 nitrogen and oxygen atoms in total. The Labute approximate surface area is 165 Å². The molecule has 3 aromatic rings. The Balaban J connectivity index is 2.20. The van der Waals surface area contributed by atoms with E-state index in [2.05, 4.69) is 4.98 Å². The number of pyridine rings is 1. The van der Waals surface area contributed by atoms with E-state index in [1.807, 2.05) is 13.8 Å².